The van der Waals surface area contributed by atoms with Crippen molar-refractivity contribution in [3.8, 4) is 10.8 Å². The first kappa shape index (κ1) is 8.19. The van der Waals surface area contributed by atoms with Crippen LogP contribution >= 0.6 is 11.3 Å². The van der Waals surface area contributed by atoms with E-state index in [0.29, 0.717) is 5.69 Å². The molecule has 1 aromatic carbocycles. The van der Waals surface area contributed by atoms with Gasteiger partial charge in [0.1, 0.15) is 5.75 Å². The van der Waals surface area contributed by atoms with Crippen LogP contribution in [0, 0.1) is 0 Å². The number of ether oxygens (including phenoxy) is 1. The summed E-state index contributed by atoms with van der Waals surface area (Å²) >= 11 is 1.51. The van der Waals surface area contributed by atoms with Crippen molar-refractivity contribution in [2.45, 2.75) is 0 Å². The summed E-state index contributed by atoms with van der Waals surface area (Å²) in [6.45, 7) is 0. The maximum Gasteiger partial charge on any atom is 0.174 e. The molecule has 0 saturated heterocycles. The summed E-state index contributed by atoms with van der Waals surface area (Å²) in [4.78, 5) is 0. The Morgan fingerprint density at radius 2 is 2.23 bits per heavy atom. The quantitative estimate of drug-likeness (QED) is 0.541. The predicted molar refractivity (Wildman–Crippen MR) is 54.5 cm³/mol. The van der Waals surface area contributed by atoms with Crippen molar-refractivity contribution < 1.29 is 9.84 Å². The average Bonchev–Trinajstić information content (AvgIpc) is 2.55. The monoisotopic (exact) mass is 195 g/mol. The van der Waals surface area contributed by atoms with E-state index in [9.17, 15) is 5.11 Å². The third-order valence-electron chi connectivity index (χ3n) is 1.90. The van der Waals surface area contributed by atoms with Crippen molar-refractivity contribution >= 4 is 27.1 Å². The highest BCUT2D eigenvalue weighted by atomic mass is 32.1. The van der Waals surface area contributed by atoms with Gasteiger partial charge in [-0.15, -0.1) is 0 Å². The van der Waals surface area contributed by atoms with Gasteiger partial charge in [-0.2, -0.15) is 0 Å². The van der Waals surface area contributed by atoms with E-state index in [2.05, 4.69) is 0 Å². The molecule has 68 valence electrons. The van der Waals surface area contributed by atoms with Crippen LogP contribution in [0.3, 0.4) is 0 Å². The van der Waals surface area contributed by atoms with Gasteiger partial charge < -0.3 is 15.6 Å². The van der Waals surface area contributed by atoms with Crippen molar-refractivity contribution in [1.82, 2.24) is 0 Å². The molecule has 2 aromatic rings. The number of phenols is 1. The molecule has 0 spiro atoms. The largest absolute Gasteiger partial charge is 0.506 e. The molecule has 13 heavy (non-hydrogen) atoms. The van der Waals surface area contributed by atoms with Gasteiger partial charge in [0, 0.05) is 16.2 Å². The number of hydrogen-bond acceptors (Lipinski definition) is 4. The minimum Gasteiger partial charge on any atom is -0.506 e. The average molecular weight is 195 g/mol. The van der Waals surface area contributed by atoms with Crippen molar-refractivity contribution in [2.75, 3.05) is 12.8 Å². The smallest absolute Gasteiger partial charge is 0.174 e. The summed E-state index contributed by atoms with van der Waals surface area (Å²) < 4.78 is 6.10. The first-order chi connectivity index (χ1) is 6.22. The number of hydrogen-bond donors (Lipinski definition) is 2. The molecule has 1 aromatic heterocycles. The van der Waals surface area contributed by atoms with Gasteiger partial charge in [0.15, 0.2) is 5.06 Å². The van der Waals surface area contributed by atoms with Crippen LogP contribution in [0.1, 0.15) is 0 Å². The molecule has 0 radical (unpaired) electrons. The third kappa shape index (κ3) is 1.19. The zero-order chi connectivity index (χ0) is 9.42. The lowest BCUT2D eigenvalue weighted by Crippen LogP contribution is -1.84. The Hall–Kier alpha value is -1.42. The number of nitrogen functional groups attached to an aromatic ring is 1. The van der Waals surface area contributed by atoms with E-state index in [1.54, 1.807) is 13.2 Å². The van der Waals surface area contributed by atoms with E-state index >= 15 is 0 Å². The van der Waals surface area contributed by atoms with Gasteiger partial charge in [0.05, 0.1) is 12.8 Å². The molecule has 0 aliphatic carbocycles. The number of aromatic hydroxyl groups is 1. The van der Waals surface area contributed by atoms with Crippen LogP contribution in [0.15, 0.2) is 18.2 Å². The van der Waals surface area contributed by atoms with E-state index in [1.165, 1.54) is 11.3 Å². The molecule has 0 aliphatic heterocycles. The number of fused-ring (bicyclic) bond motifs is 1. The summed E-state index contributed by atoms with van der Waals surface area (Å²) in [6, 6.07) is 5.25. The molecule has 2 rings (SSSR count). The molecule has 0 unspecified atom stereocenters. The van der Waals surface area contributed by atoms with E-state index in [1.807, 2.05) is 12.1 Å². The highest BCUT2D eigenvalue weighted by Gasteiger charge is 2.07. The lowest BCUT2D eigenvalue weighted by molar-refractivity contribution is 0.427. The van der Waals surface area contributed by atoms with Crippen molar-refractivity contribution in [1.29, 1.82) is 0 Å². The Kier molecular flexibility index (Phi) is 1.77. The summed E-state index contributed by atoms with van der Waals surface area (Å²) in [5.74, 6) is 0.118. The first-order valence-electron chi connectivity index (χ1n) is 3.77. The van der Waals surface area contributed by atoms with Crippen LogP contribution in [-0.4, -0.2) is 12.2 Å². The molecular weight excluding hydrogens is 186 g/mol. The summed E-state index contributed by atoms with van der Waals surface area (Å²) in [5.41, 5.74) is 6.10. The molecule has 0 amide bonds. The number of methoxy groups -OCH3 is 1. The van der Waals surface area contributed by atoms with Crippen LogP contribution in [0.25, 0.3) is 10.1 Å². The zero-order valence-corrected chi connectivity index (χ0v) is 7.89. The zero-order valence-electron chi connectivity index (χ0n) is 7.07. The second-order valence-corrected chi connectivity index (χ2v) is 3.73. The fraction of sp³-hybridized carbons (Fsp3) is 0.111. The van der Waals surface area contributed by atoms with Gasteiger partial charge in [0.2, 0.25) is 0 Å². The number of anilines is 1. The maximum absolute atomic E-state index is 9.34. The number of nitrogens with two attached hydrogens (primary N) is 1. The highest BCUT2D eigenvalue weighted by Crippen LogP contribution is 2.38. The van der Waals surface area contributed by atoms with Crippen LogP contribution in [-0.2, 0) is 0 Å². The minimum atomic E-state index is 0.118. The molecule has 4 heteroatoms. The molecule has 0 aliphatic rings. The fourth-order valence-electron chi connectivity index (χ4n) is 1.20. The Balaban J connectivity index is 2.76. The van der Waals surface area contributed by atoms with Crippen molar-refractivity contribution in [2.24, 2.45) is 0 Å². The standard InChI is InChI=1S/C9H9NO2S/c1-12-8-4-5-7(13-8)3-2-6(11)9(5)10/h2-4,11H,10H2,1H3. The van der Waals surface area contributed by atoms with Gasteiger partial charge in [-0.05, 0) is 12.1 Å². The normalized spacial score (nSPS) is 10.5. The number of thiophene rings is 1. The van der Waals surface area contributed by atoms with Gasteiger partial charge in [0.25, 0.3) is 0 Å². The van der Waals surface area contributed by atoms with E-state index in [0.717, 1.165) is 15.1 Å². The molecular formula is C9H9NO2S. The van der Waals surface area contributed by atoms with Crippen LogP contribution < -0.4 is 10.5 Å². The van der Waals surface area contributed by atoms with Crippen LogP contribution in [0.5, 0.6) is 10.8 Å². The Labute approximate surface area is 79.4 Å². The maximum atomic E-state index is 9.34. The Bertz CT molecular complexity index is 450. The molecule has 3 N–H and O–H groups in total. The lowest BCUT2D eigenvalue weighted by Gasteiger charge is -1.97. The molecule has 0 atom stereocenters. The predicted octanol–water partition coefficient (Wildman–Crippen LogP) is 2.20. The SMILES string of the molecule is COc1cc2c(N)c(O)ccc2s1. The minimum absolute atomic E-state index is 0.118. The van der Waals surface area contributed by atoms with Crippen molar-refractivity contribution in [3.63, 3.8) is 0 Å². The van der Waals surface area contributed by atoms with Crippen molar-refractivity contribution in [3.05, 3.63) is 18.2 Å². The molecule has 0 fully saturated rings. The van der Waals surface area contributed by atoms with Gasteiger partial charge in [-0.1, -0.05) is 11.3 Å². The highest BCUT2D eigenvalue weighted by molar-refractivity contribution is 7.20. The lowest BCUT2D eigenvalue weighted by atomic mass is 10.2. The van der Waals surface area contributed by atoms with Crippen LogP contribution in [0.4, 0.5) is 5.69 Å². The molecule has 3 nitrogen and oxygen atoms in total. The number of phenolic OH excluding ortho intramolecular Hbond substituents is 1. The Morgan fingerprint density at radius 3 is 2.92 bits per heavy atom. The molecule has 0 bridgehead atoms. The summed E-state index contributed by atoms with van der Waals surface area (Å²) in [5, 5.41) is 11.0. The van der Waals surface area contributed by atoms with Gasteiger partial charge >= 0.3 is 0 Å². The Morgan fingerprint density at radius 1 is 1.46 bits per heavy atom. The van der Waals surface area contributed by atoms with E-state index in [4.69, 9.17) is 10.5 Å². The fourth-order valence-corrected chi connectivity index (χ4v) is 2.09. The van der Waals surface area contributed by atoms with E-state index in [-0.39, 0.29) is 5.75 Å². The second-order valence-electron chi connectivity index (χ2n) is 2.68. The summed E-state index contributed by atoms with van der Waals surface area (Å²) in [6.07, 6.45) is 0. The topological polar surface area (TPSA) is 55.5 Å². The molecule has 1 heterocycles. The molecule has 0 saturated carbocycles. The van der Waals surface area contributed by atoms with Gasteiger partial charge in [-0.3, -0.25) is 0 Å². The first-order valence-corrected chi connectivity index (χ1v) is 4.59. The summed E-state index contributed by atoms with van der Waals surface area (Å²) in [7, 11) is 1.61. The number of benzene rings is 1. The third-order valence-corrected chi connectivity index (χ3v) is 2.96. The van der Waals surface area contributed by atoms with Crippen LogP contribution in [0.2, 0.25) is 0 Å². The van der Waals surface area contributed by atoms with E-state index < -0.39 is 0 Å². The second kappa shape index (κ2) is 2.81. The number of rotatable bonds is 1. The van der Waals surface area contributed by atoms with Gasteiger partial charge in [-0.25, -0.2) is 0 Å².